The quantitative estimate of drug-likeness (QED) is 0.837. The molecule has 0 amide bonds. The van der Waals surface area contributed by atoms with Gasteiger partial charge in [-0.3, -0.25) is 4.79 Å². The van der Waals surface area contributed by atoms with Crippen LogP contribution in [0.2, 0.25) is 0 Å². The first-order chi connectivity index (χ1) is 10.6. The predicted octanol–water partition coefficient (Wildman–Crippen LogP) is 3.43. The van der Waals surface area contributed by atoms with Gasteiger partial charge in [0.1, 0.15) is 5.78 Å². The lowest BCUT2D eigenvalue weighted by Crippen LogP contribution is -2.45. The summed E-state index contributed by atoms with van der Waals surface area (Å²) in [6, 6.07) is 5.59. The zero-order valence-electron chi connectivity index (χ0n) is 13.1. The summed E-state index contributed by atoms with van der Waals surface area (Å²) in [5.41, 5.74) is 13.8. The van der Waals surface area contributed by atoms with Crippen molar-refractivity contribution in [2.45, 2.75) is 44.9 Å². The predicted molar refractivity (Wildman–Crippen MR) is 89.1 cm³/mol. The molecule has 0 heterocycles. The molecule has 0 radical (unpaired) electrons. The molecule has 4 fully saturated rings. The highest BCUT2D eigenvalue weighted by Crippen LogP contribution is 2.57. The van der Waals surface area contributed by atoms with Crippen molar-refractivity contribution in [1.29, 1.82) is 0 Å². The van der Waals surface area contributed by atoms with E-state index in [1.807, 2.05) is 12.1 Å². The van der Waals surface area contributed by atoms with Gasteiger partial charge in [-0.15, -0.1) is 0 Å². The molecule has 0 saturated heterocycles. The van der Waals surface area contributed by atoms with E-state index in [1.54, 1.807) is 6.07 Å². The number of anilines is 2. The van der Waals surface area contributed by atoms with E-state index in [2.05, 4.69) is 0 Å². The summed E-state index contributed by atoms with van der Waals surface area (Å²) in [6.45, 7) is 0. The summed E-state index contributed by atoms with van der Waals surface area (Å²) in [5, 5.41) is 0. The topological polar surface area (TPSA) is 69.1 Å². The van der Waals surface area contributed by atoms with Gasteiger partial charge >= 0.3 is 0 Å². The van der Waals surface area contributed by atoms with Gasteiger partial charge in [0.25, 0.3) is 0 Å². The molecule has 22 heavy (non-hydrogen) atoms. The Balaban J connectivity index is 1.41. The maximum atomic E-state index is 12.5. The minimum atomic E-state index is 0.377. The average molecular weight is 298 g/mol. The van der Waals surface area contributed by atoms with Crippen LogP contribution in [0.4, 0.5) is 11.4 Å². The van der Waals surface area contributed by atoms with Gasteiger partial charge in [0.15, 0.2) is 0 Å². The first-order valence-electron chi connectivity index (χ1n) is 8.74. The van der Waals surface area contributed by atoms with Crippen LogP contribution in [0.1, 0.15) is 44.1 Å². The van der Waals surface area contributed by atoms with Gasteiger partial charge in [-0.25, -0.2) is 0 Å². The van der Waals surface area contributed by atoms with Crippen LogP contribution < -0.4 is 11.5 Å². The van der Waals surface area contributed by atoms with E-state index in [-0.39, 0.29) is 0 Å². The lowest BCUT2D eigenvalue weighted by Gasteiger charge is -2.54. The van der Waals surface area contributed by atoms with Crippen LogP contribution in [-0.4, -0.2) is 5.78 Å². The van der Waals surface area contributed by atoms with Crippen LogP contribution in [-0.2, 0) is 11.2 Å². The average Bonchev–Trinajstić information content (AvgIpc) is 2.46. The molecular weight excluding hydrogens is 272 g/mol. The van der Waals surface area contributed by atoms with Crippen LogP contribution in [0.15, 0.2) is 18.2 Å². The Kier molecular flexibility index (Phi) is 3.39. The maximum absolute atomic E-state index is 12.5. The Labute approximate surface area is 132 Å². The number of Topliss-reactive ketones (excluding diaryl/α,β-unsaturated/α-hetero) is 1. The standard InChI is InChI=1S/C19H26N2O/c20-18-2-1-11(9-19(18)21)8-16(22)10-17-14-4-12-3-13(6-14)7-15(17)5-12/h1-2,9,12-15,17H,3-8,10,20-21H2. The number of benzene rings is 1. The fourth-order valence-corrected chi connectivity index (χ4v) is 5.67. The lowest BCUT2D eigenvalue weighted by molar-refractivity contribution is -0.123. The van der Waals surface area contributed by atoms with Crippen molar-refractivity contribution in [2.24, 2.45) is 29.6 Å². The number of ketones is 1. The van der Waals surface area contributed by atoms with Crippen LogP contribution in [0.5, 0.6) is 0 Å². The second-order valence-electron chi connectivity index (χ2n) is 7.98. The molecule has 3 heteroatoms. The molecule has 0 atom stereocenters. The molecule has 1 aromatic carbocycles. The molecule has 0 unspecified atom stereocenters. The van der Waals surface area contributed by atoms with E-state index in [9.17, 15) is 4.79 Å². The molecule has 4 saturated carbocycles. The fourth-order valence-electron chi connectivity index (χ4n) is 5.67. The van der Waals surface area contributed by atoms with E-state index >= 15 is 0 Å². The number of carbonyl (C=O) groups excluding carboxylic acids is 1. The summed E-state index contributed by atoms with van der Waals surface area (Å²) in [5.74, 6) is 4.65. The minimum absolute atomic E-state index is 0.377. The van der Waals surface area contributed by atoms with Crippen molar-refractivity contribution in [1.82, 2.24) is 0 Å². The number of hydrogen-bond acceptors (Lipinski definition) is 3. The second kappa shape index (κ2) is 5.29. The van der Waals surface area contributed by atoms with E-state index in [1.165, 1.54) is 32.1 Å². The molecule has 0 aliphatic heterocycles. The van der Waals surface area contributed by atoms with Gasteiger partial charge in [-0.2, -0.15) is 0 Å². The lowest BCUT2D eigenvalue weighted by atomic mass is 9.51. The van der Waals surface area contributed by atoms with Gasteiger partial charge in [0.05, 0.1) is 11.4 Å². The summed E-state index contributed by atoms with van der Waals surface area (Å²) < 4.78 is 0. The van der Waals surface area contributed by atoms with Crippen LogP contribution in [0.25, 0.3) is 0 Å². The normalized spacial score (nSPS) is 35.7. The number of rotatable bonds is 4. The van der Waals surface area contributed by atoms with Crippen molar-refractivity contribution in [3.8, 4) is 0 Å². The van der Waals surface area contributed by atoms with Gasteiger partial charge in [-0.05, 0) is 79.4 Å². The van der Waals surface area contributed by atoms with Crippen molar-refractivity contribution in [3.63, 3.8) is 0 Å². The summed E-state index contributed by atoms with van der Waals surface area (Å²) in [6.07, 6.45) is 8.31. The Bertz CT molecular complexity index is 567. The highest BCUT2D eigenvalue weighted by atomic mass is 16.1. The number of carbonyl (C=O) groups is 1. The van der Waals surface area contributed by atoms with Gasteiger partial charge < -0.3 is 11.5 Å². The van der Waals surface area contributed by atoms with E-state index in [0.717, 1.165) is 35.7 Å². The van der Waals surface area contributed by atoms with Crippen molar-refractivity contribution < 1.29 is 4.79 Å². The molecule has 1 aromatic rings. The third-order valence-electron chi connectivity index (χ3n) is 6.44. The molecule has 4 bridgehead atoms. The van der Waals surface area contributed by atoms with E-state index in [0.29, 0.717) is 29.5 Å². The molecule has 0 spiro atoms. The zero-order valence-corrected chi connectivity index (χ0v) is 13.1. The molecule has 4 N–H and O–H groups in total. The minimum Gasteiger partial charge on any atom is -0.397 e. The molecule has 4 aliphatic rings. The first kappa shape index (κ1) is 14.1. The highest BCUT2D eigenvalue weighted by molar-refractivity contribution is 5.82. The summed E-state index contributed by atoms with van der Waals surface area (Å²) >= 11 is 0. The van der Waals surface area contributed by atoms with Crippen LogP contribution in [0.3, 0.4) is 0 Å². The zero-order chi connectivity index (χ0) is 15.3. The van der Waals surface area contributed by atoms with Gasteiger partial charge in [0, 0.05) is 12.8 Å². The van der Waals surface area contributed by atoms with E-state index < -0.39 is 0 Å². The van der Waals surface area contributed by atoms with Gasteiger partial charge in [-0.1, -0.05) is 6.07 Å². The number of hydrogen-bond donors (Lipinski definition) is 2. The van der Waals surface area contributed by atoms with Crippen LogP contribution in [0, 0.1) is 29.6 Å². The molecular formula is C19H26N2O. The van der Waals surface area contributed by atoms with Crippen molar-refractivity contribution in [3.05, 3.63) is 23.8 Å². The first-order valence-corrected chi connectivity index (χ1v) is 8.74. The highest BCUT2D eigenvalue weighted by Gasteiger charge is 2.48. The molecule has 4 aliphatic carbocycles. The van der Waals surface area contributed by atoms with Crippen molar-refractivity contribution in [2.75, 3.05) is 11.5 Å². The Morgan fingerprint density at radius 3 is 2.18 bits per heavy atom. The fraction of sp³-hybridized carbons (Fsp3) is 0.632. The number of nitrogen functional groups attached to an aromatic ring is 2. The Morgan fingerprint density at radius 2 is 1.59 bits per heavy atom. The third-order valence-corrected chi connectivity index (χ3v) is 6.44. The molecule has 5 rings (SSSR count). The second-order valence-corrected chi connectivity index (χ2v) is 7.98. The van der Waals surface area contributed by atoms with Crippen molar-refractivity contribution >= 4 is 17.2 Å². The van der Waals surface area contributed by atoms with Crippen LogP contribution >= 0.6 is 0 Å². The Morgan fingerprint density at radius 1 is 0.955 bits per heavy atom. The maximum Gasteiger partial charge on any atom is 0.137 e. The molecule has 0 aromatic heterocycles. The molecule has 118 valence electrons. The Hall–Kier alpha value is -1.51. The summed E-state index contributed by atoms with van der Waals surface area (Å²) in [4.78, 5) is 12.5. The summed E-state index contributed by atoms with van der Waals surface area (Å²) in [7, 11) is 0. The third kappa shape index (κ3) is 2.51. The monoisotopic (exact) mass is 298 g/mol. The van der Waals surface area contributed by atoms with Gasteiger partial charge in [0.2, 0.25) is 0 Å². The van der Waals surface area contributed by atoms with E-state index in [4.69, 9.17) is 11.5 Å². The largest absolute Gasteiger partial charge is 0.397 e. The molecule has 3 nitrogen and oxygen atoms in total. The smallest absolute Gasteiger partial charge is 0.137 e. The number of nitrogens with two attached hydrogens (primary N) is 2. The SMILES string of the molecule is Nc1ccc(CC(=O)CC2C3CC4CC(C3)CC2C4)cc1N.